The molecule has 0 radical (unpaired) electrons. The Morgan fingerprint density at radius 1 is 0.744 bits per heavy atom. The zero-order valence-electron chi connectivity index (χ0n) is 22.4. The minimum Gasteiger partial charge on any atom is -0.407 e. The van der Waals surface area contributed by atoms with Gasteiger partial charge in [0.1, 0.15) is 5.69 Å². The van der Waals surface area contributed by atoms with Crippen molar-refractivity contribution in [3.8, 4) is 34.0 Å². The Balaban J connectivity index is 1.60. The number of rotatable bonds is 6. The molecule has 0 bridgehead atoms. The third kappa shape index (κ3) is 5.65. The predicted octanol–water partition coefficient (Wildman–Crippen LogP) is 7.31. The molecule has 1 aromatic heterocycles. The number of amides is 1. The molecule has 194 valence electrons. The summed E-state index contributed by atoms with van der Waals surface area (Å²) in [6.07, 6.45) is 0. The second kappa shape index (κ2) is 10.8. The first-order chi connectivity index (χ1) is 18.8. The highest BCUT2D eigenvalue weighted by molar-refractivity contribution is 6.04. The molecule has 0 unspecified atom stereocenters. The molecule has 0 atom stereocenters. The molecule has 5 rings (SSSR count). The maximum atomic E-state index is 12.7. The molecule has 39 heavy (non-hydrogen) atoms. The van der Waals surface area contributed by atoms with Gasteiger partial charge in [0.2, 0.25) is 5.88 Å². The van der Waals surface area contributed by atoms with Gasteiger partial charge in [-0.3, -0.25) is 9.59 Å². The third-order valence-electron chi connectivity index (χ3n) is 6.40. The van der Waals surface area contributed by atoms with E-state index in [1.165, 1.54) is 6.92 Å². The number of aryl methyl sites for hydroxylation is 3. The molecule has 6 heteroatoms. The molecule has 0 saturated heterocycles. The van der Waals surface area contributed by atoms with Crippen LogP contribution in [-0.4, -0.2) is 21.7 Å². The van der Waals surface area contributed by atoms with Crippen LogP contribution in [0, 0.1) is 20.8 Å². The number of anilines is 1. The van der Waals surface area contributed by atoms with Crippen LogP contribution in [0.1, 0.15) is 34.0 Å². The van der Waals surface area contributed by atoms with E-state index < -0.39 is 5.97 Å². The molecule has 0 spiro atoms. The summed E-state index contributed by atoms with van der Waals surface area (Å²) in [5.41, 5.74) is 8.38. The van der Waals surface area contributed by atoms with E-state index in [2.05, 4.69) is 5.32 Å². The average Bonchev–Trinajstić information content (AvgIpc) is 3.28. The maximum absolute atomic E-state index is 12.7. The van der Waals surface area contributed by atoms with E-state index in [9.17, 15) is 9.59 Å². The van der Waals surface area contributed by atoms with Crippen molar-refractivity contribution in [1.29, 1.82) is 0 Å². The summed E-state index contributed by atoms with van der Waals surface area (Å²) in [5.74, 6) is -0.293. The van der Waals surface area contributed by atoms with Gasteiger partial charge in [-0.15, -0.1) is 0 Å². The highest BCUT2D eigenvalue weighted by Gasteiger charge is 2.24. The van der Waals surface area contributed by atoms with Gasteiger partial charge in [-0.05, 0) is 68.3 Å². The molecule has 4 aromatic carbocycles. The van der Waals surface area contributed by atoms with Crippen LogP contribution in [0.25, 0.3) is 28.1 Å². The van der Waals surface area contributed by atoms with Crippen LogP contribution >= 0.6 is 0 Å². The summed E-state index contributed by atoms with van der Waals surface area (Å²) < 4.78 is 7.48. The molecule has 1 N–H and O–H groups in total. The largest absolute Gasteiger partial charge is 0.407 e. The Morgan fingerprint density at radius 2 is 1.36 bits per heavy atom. The van der Waals surface area contributed by atoms with Crippen molar-refractivity contribution in [1.82, 2.24) is 9.78 Å². The number of benzene rings is 4. The topological polar surface area (TPSA) is 73.2 Å². The summed E-state index contributed by atoms with van der Waals surface area (Å²) in [6, 6.07) is 30.8. The number of hydrogen-bond acceptors (Lipinski definition) is 4. The van der Waals surface area contributed by atoms with Crippen LogP contribution in [-0.2, 0) is 4.79 Å². The molecule has 1 amide bonds. The number of ether oxygens (including phenoxy) is 1. The van der Waals surface area contributed by atoms with Gasteiger partial charge >= 0.3 is 5.97 Å². The standard InChI is InChI=1S/C33H29N3O3/c1-21-8-12-26(13-9-21)31-30(33(39-24(4)37)36(35-31)29-7-5-6-23(3)20-29)25-16-18-28(19-17-25)34-32(38)27-14-10-22(2)11-15-27/h5-20H,1-4H3,(H,34,38). The summed E-state index contributed by atoms with van der Waals surface area (Å²) >= 11 is 0. The Kier molecular flexibility index (Phi) is 7.10. The average molecular weight is 516 g/mol. The van der Waals surface area contributed by atoms with Crippen molar-refractivity contribution in [3.05, 3.63) is 119 Å². The Morgan fingerprint density at radius 3 is 1.97 bits per heavy atom. The zero-order valence-corrected chi connectivity index (χ0v) is 22.4. The van der Waals surface area contributed by atoms with Crippen LogP contribution in [0.4, 0.5) is 5.69 Å². The van der Waals surface area contributed by atoms with Gasteiger partial charge in [0.25, 0.3) is 5.91 Å². The summed E-state index contributed by atoms with van der Waals surface area (Å²) in [7, 11) is 0. The van der Waals surface area contributed by atoms with Crippen LogP contribution in [0.5, 0.6) is 5.88 Å². The fourth-order valence-electron chi connectivity index (χ4n) is 4.37. The monoisotopic (exact) mass is 515 g/mol. The molecule has 0 aliphatic rings. The van der Waals surface area contributed by atoms with E-state index in [-0.39, 0.29) is 5.91 Å². The fourth-order valence-corrected chi connectivity index (χ4v) is 4.37. The van der Waals surface area contributed by atoms with Gasteiger partial charge in [-0.2, -0.15) is 9.78 Å². The highest BCUT2D eigenvalue weighted by Crippen LogP contribution is 2.41. The first-order valence-electron chi connectivity index (χ1n) is 12.7. The van der Waals surface area contributed by atoms with Crippen molar-refractivity contribution in [3.63, 3.8) is 0 Å². The van der Waals surface area contributed by atoms with E-state index >= 15 is 0 Å². The number of esters is 1. The quantitative estimate of drug-likeness (QED) is 0.241. The lowest BCUT2D eigenvalue weighted by molar-refractivity contribution is -0.132. The first-order valence-corrected chi connectivity index (χ1v) is 12.7. The molecule has 0 saturated carbocycles. The zero-order chi connectivity index (χ0) is 27.5. The highest BCUT2D eigenvalue weighted by atomic mass is 16.5. The Hall–Kier alpha value is -4.97. The van der Waals surface area contributed by atoms with Crippen molar-refractivity contribution in [2.45, 2.75) is 27.7 Å². The normalized spacial score (nSPS) is 10.8. The Bertz CT molecular complexity index is 1650. The number of nitrogens with zero attached hydrogens (tertiary/aromatic N) is 2. The number of nitrogens with one attached hydrogen (secondary N) is 1. The van der Waals surface area contributed by atoms with Gasteiger partial charge in [-0.1, -0.05) is 71.8 Å². The minimum atomic E-state index is -0.442. The molecule has 0 fully saturated rings. The molecule has 6 nitrogen and oxygen atoms in total. The molecular weight excluding hydrogens is 486 g/mol. The summed E-state index contributed by atoms with van der Waals surface area (Å²) in [6.45, 7) is 7.40. The lowest BCUT2D eigenvalue weighted by Gasteiger charge is -2.11. The second-order valence-electron chi connectivity index (χ2n) is 9.64. The summed E-state index contributed by atoms with van der Waals surface area (Å²) in [4.78, 5) is 25.0. The van der Waals surface area contributed by atoms with Crippen LogP contribution in [0.15, 0.2) is 97.1 Å². The second-order valence-corrected chi connectivity index (χ2v) is 9.64. The summed E-state index contributed by atoms with van der Waals surface area (Å²) in [5, 5.41) is 7.89. The number of carbonyl (C=O) groups is 2. The van der Waals surface area contributed by atoms with Gasteiger partial charge in [0.15, 0.2) is 0 Å². The van der Waals surface area contributed by atoms with Crippen molar-refractivity contribution in [2.75, 3.05) is 5.32 Å². The van der Waals surface area contributed by atoms with Gasteiger partial charge in [-0.25, -0.2) is 0 Å². The minimum absolute atomic E-state index is 0.184. The van der Waals surface area contributed by atoms with Crippen molar-refractivity contribution < 1.29 is 14.3 Å². The van der Waals surface area contributed by atoms with Crippen LogP contribution < -0.4 is 10.1 Å². The van der Waals surface area contributed by atoms with Gasteiger partial charge in [0, 0.05) is 23.7 Å². The first kappa shape index (κ1) is 25.7. The lowest BCUT2D eigenvalue weighted by atomic mass is 10.00. The van der Waals surface area contributed by atoms with E-state index in [0.29, 0.717) is 28.4 Å². The molecular formula is C33H29N3O3. The van der Waals surface area contributed by atoms with Crippen molar-refractivity contribution in [2.24, 2.45) is 0 Å². The fraction of sp³-hybridized carbons (Fsp3) is 0.121. The van der Waals surface area contributed by atoms with Crippen molar-refractivity contribution >= 4 is 17.6 Å². The van der Waals surface area contributed by atoms with E-state index in [1.54, 1.807) is 16.8 Å². The predicted molar refractivity (Wildman–Crippen MR) is 154 cm³/mol. The van der Waals surface area contributed by atoms with E-state index in [4.69, 9.17) is 9.84 Å². The van der Waals surface area contributed by atoms with Crippen LogP contribution in [0.3, 0.4) is 0 Å². The lowest BCUT2D eigenvalue weighted by Crippen LogP contribution is -2.11. The molecule has 5 aromatic rings. The SMILES string of the molecule is CC(=O)Oc1c(-c2ccc(NC(=O)c3ccc(C)cc3)cc2)c(-c2ccc(C)cc2)nn1-c1cccc(C)c1. The van der Waals surface area contributed by atoms with Gasteiger partial charge in [0.05, 0.1) is 11.3 Å². The molecule has 0 aliphatic carbocycles. The van der Waals surface area contributed by atoms with Gasteiger partial charge < -0.3 is 10.1 Å². The Labute approximate surface area is 227 Å². The van der Waals surface area contributed by atoms with Crippen LogP contribution in [0.2, 0.25) is 0 Å². The number of hydrogen-bond donors (Lipinski definition) is 1. The van der Waals surface area contributed by atoms with E-state index in [1.807, 2.05) is 106 Å². The third-order valence-corrected chi connectivity index (χ3v) is 6.40. The molecule has 0 aliphatic heterocycles. The number of carbonyl (C=O) groups excluding carboxylic acids is 2. The maximum Gasteiger partial charge on any atom is 0.309 e. The van der Waals surface area contributed by atoms with E-state index in [0.717, 1.165) is 33.5 Å². The smallest absolute Gasteiger partial charge is 0.309 e. The number of aromatic nitrogens is 2. The molecule has 1 heterocycles.